The van der Waals surface area contributed by atoms with E-state index in [-0.39, 0.29) is 19.6 Å². The van der Waals surface area contributed by atoms with Crippen LogP contribution in [0.1, 0.15) is 41.0 Å². The first kappa shape index (κ1) is 28.8. The molecular formula is C36H31N5O6. The molecule has 2 aromatic heterocycles. The van der Waals surface area contributed by atoms with Gasteiger partial charge in [0, 0.05) is 0 Å². The van der Waals surface area contributed by atoms with Crippen LogP contribution in [0.3, 0.4) is 0 Å². The van der Waals surface area contributed by atoms with Crippen molar-refractivity contribution in [3.05, 3.63) is 152 Å². The number of anilines is 1. The van der Waals surface area contributed by atoms with Crippen LogP contribution in [0.25, 0.3) is 5.69 Å². The smallest absolute Gasteiger partial charge is 0.352 e. The highest BCUT2D eigenvalue weighted by Gasteiger charge is 2.69. The normalized spacial score (nSPS) is 23.2. The number of imide groups is 1. The molecule has 11 heteroatoms. The molecule has 3 aliphatic rings. The highest BCUT2D eigenvalue weighted by atomic mass is 16.4. The number of amides is 2. The number of carbonyl (C=O) groups excluding carboxylic acids is 2. The Balaban J connectivity index is 1.36. The minimum atomic E-state index is -1.46. The summed E-state index contributed by atoms with van der Waals surface area (Å²) >= 11 is 0. The van der Waals surface area contributed by atoms with Crippen LogP contribution in [0.5, 0.6) is 0 Å². The number of hydrogen-bond acceptors (Lipinski definition) is 7. The van der Waals surface area contributed by atoms with Crippen molar-refractivity contribution in [2.24, 2.45) is 5.92 Å². The van der Waals surface area contributed by atoms with E-state index in [1.807, 2.05) is 55.5 Å². The molecule has 0 spiro atoms. The van der Waals surface area contributed by atoms with Gasteiger partial charge in [-0.1, -0.05) is 72.3 Å². The SMILES string of the molecule is Cc1ccc(NN2C(=O)C3CC4C(=CCn5c(=O)n(-c6ccccc6)c(=O)n54)C(c4ccc(CO)o4)C3(c3ccccc3)C2=O)cc1. The van der Waals surface area contributed by atoms with Crippen LogP contribution in [0, 0.1) is 12.8 Å². The lowest BCUT2D eigenvalue weighted by atomic mass is 9.54. The van der Waals surface area contributed by atoms with Crippen molar-refractivity contribution in [3.63, 3.8) is 0 Å². The fraction of sp³-hybridized carbons (Fsp3) is 0.222. The van der Waals surface area contributed by atoms with E-state index in [0.717, 1.165) is 15.1 Å². The van der Waals surface area contributed by atoms with E-state index < -0.39 is 46.5 Å². The molecule has 4 unspecified atom stereocenters. The molecule has 0 bridgehead atoms. The Hall–Kier alpha value is -5.68. The van der Waals surface area contributed by atoms with Crippen LogP contribution in [0.2, 0.25) is 0 Å². The number of nitrogens with one attached hydrogen (secondary N) is 1. The molecule has 3 aromatic carbocycles. The number of aliphatic hydroxyl groups is 1. The van der Waals surface area contributed by atoms with E-state index in [0.29, 0.717) is 34.0 Å². The maximum atomic E-state index is 15.0. The highest BCUT2D eigenvalue weighted by Crippen LogP contribution is 2.62. The Kier molecular flexibility index (Phi) is 6.55. The van der Waals surface area contributed by atoms with Gasteiger partial charge in [0.2, 0.25) is 0 Å². The Morgan fingerprint density at radius 2 is 1.57 bits per heavy atom. The third-order valence-electron chi connectivity index (χ3n) is 9.79. The lowest BCUT2D eigenvalue weighted by molar-refractivity contribution is -0.138. The molecule has 4 atom stereocenters. The lowest BCUT2D eigenvalue weighted by Gasteiger charge is -2.47. The Labute approximate surface area is 268 Å². The van der Waals surface area contributed by atoms with Crippen LogP contribution in [0.15, 0.2) is 123 Å². The van der Waals surface area contributed by atoms with Crippen molar-refractivity contribution in [3.8, 4) is 5.69 Å². The molecule has 8 rings (SSSR count). The molecule has 2 fully saturated rings. The number of rotatable bonds is 6. The van der Waals surface area contributed by atoms with Crippen molar-refractivity contribution >= 4 is 17.5 Å². The number of furan rings is 1. The topological polar surface area (TPSA) is 132 Å². The number of benzene rings is 3. The molecule has 1 aliphatic carbocycles. The predicted octanol–water partition coefficient (Wildman–Crippen LogP) is 3.81. The van der Waals surface area contributed by atoms with E-state index >= 15 is 4.79 Å². The fourth-order valence-electron chi connectivity index (χ4n) is 7.75. The van der Waals surface area contributed by atoms with Crippen LogP contribution >= 0.6 is 0 Å². The summed E-state index contributed by atoms with van der Waals surface area (Å²) < 4.78 is 10.1. The molecule has 2 amide bonds. The molecule has 0 radical (unpaired) electrons. The molecular weight excluding hydrogens is 598 g/mol. The van der Waals surface area contributed by atoms with Gasteiger partial charge in [-0.2, -0.15) is 5.01 Å². The van der Waals surface area contributed by atoms with Gasteiger partial charge in [0.05, 0.1) is 35.8 Å². The maximum absolute atomic E-state index is 15.0. The van der Waals surface area contributed by atoms with E-state index in [1.165, 1.54) is 9.36 Å². The summed E-state index contributed by atoms with van der Waals surface area (Å²) in [6.45, 7) is 1.67. The summed E-state index contributed by atoms with van der Waals surface area (Å²) in [5, 5.41) is 11.0. The summed E-state index contributed by atoms with van der Waals surface area (Å²) in [5.41, 5.74) is 3.92. The van der Waals surface area contributed by atoms with E-state index in [4.69, 9.17) is 4.42 Å². The average Bonchev–Trinajstić information content (AvgIpc) is 3.74. The lowest BCUT2D eigenvalue weighted by Crippen LogP contribution is -2.53. The quantitative estimate of drug-likeness (QED) is 0.216. The van der Waals surface area contributed by atoms with Gasteiger partial charge in [0.15, 0.2) is 0 Å². The van der Waals surface area contributed by atoms with Crippen LogP contribution in [-0.4, -0.2) is 35.9 Å². The number of aliphatic hydroxyl groups excluding tert-OH is 1. The predicted molar refractivity (Wildman–Crippen MR) is 172 cm³/mol. The largest absolute Gasteiger partial charge is 0.463 e. The summed E-state index contributed by atoms with van der Waals surface area (Å²) in [6.07, 6.45) is 1.96. The minimum Gasteiger partial charge on any atom is -0.463 e. The van der Waals surface area contributed by atoms with Gasteiger partial charge < -0.3 is 9.52 Å². The first-order valence-electron chi connectivity index (χ1n) is 15.5. The number of carbonyl (C=O) groups is 2. The van der Waals surface area contributed by atoms with Crippen molar-refractivity contribution in [2.75, 3.05) is 5.43 Å². The van der Waals surface area contributed by atoms with Crippen LogP contribution < -0.4 is 16.8 Å². The number of allylic oxidation sites excluding steroid dienone is 2. The Morgan fingerprint density at radius 1 is 0.872 bits per heavy atom. The number of fused-ring (bicyclic) bond motifs is 4. The molecule has 236 valence electrons. The van der Waals surface area contributed by atoms with Gasteiger partial charge in [-0.05, 0) is 60.9 Å². The fourth-order valence-corrected chi connectivity index (χ4v) is 7.75. The number of hydrogen-bond donors (Lipinski definition) is 2. The van der Waals surface area contributed by atoms with Crippen LogP contribution in [-0.2, 0) is 28.2 Å². The Bertz CT molecular complexity index is 2180. The minimum absolute atomic E-state index is 0.0762. The summed E-state index contributed by atoms with van der Waals surface area (Å²) in [7, 11) is 0. The van der Waals surface area contributed by atoms with Gasteiger partial charge in [-0.15, -0.1) is 0 Å². The average molecular weight is 630 g/mol. The summed E-state index contributed by atoms with van der Waals surface area (Å²) in [5.74, 6) is -2.02. The molecule has 1 saturated heterocycles. The van der Waals surface area contributed by atoms with Gasteiger partial charge >= 0.3 is 11.4 Å². The molecule has 2 aliphatic heterocycles. The van der Waals surface area contributed by atoms with E-state index in [1.54, 1.807) is 54.6 Å². The first-order valence-corrected chi connectivity index (χ1v) is 15.5. The zero-order chi connectivity index (χ0) is 32.4. The highest BCUT2D eigenvalue weighted by molar-refractivity contribution is 6.12. The molecule has 47 heavy (non-hydrogen) atoms. The number of aryl methyl sites for hydroxylation is 1. The van der Waals surface area contributed by atoms with Crippen molar-refractivity contribution < 1.29 is 19.1 Å². The third-order valence-corrected chi connectivity index (χ3v) is 9.79. The second-order valence-corrected chi connectivity index (χ2v) is 12.3. The van der Waals surface area contributed by atoms with E-state index in [2.05, 4.69) is 5.43 Å². The number of para-hydroxylation sites is 1. The molecule has 11 nitrogen and oxygen atoms in total. The second-order valence-electron chi connectivity index (χ2n) is 12.3. The third kappa shape index (κ3) is 4.09. The van der Waals surface area contributed by atoms with Crippen molar-refractivity contribution in [2.45, 2.75) is 43.9 Å². The maximum Gasteiger partial charge on any atom is 0.352 e. The van der Waals surface area contributed by atoms with Gasteiger partial charge in [0.25, 0.3) is 11.8 Å². The number of nitrogens with zero attached hydrogens (tertiary/aromatic N) is 4. The zero-order valence-corrected chi connectivity index (χ0v) is 25.4. The van der Waals surface area contributed by atoms with Crippen molar-refractivity contribution in [1.29, 1.82) is 0 Å². The zero-order valence-electron chi connectivity index (χ0n) is 25.4. The monoisotopic (exact) mass is 629 g/mol. The molecule has 4 heterocycles. The van der Waals surface area contributed by atoms with Crippen molar-refractivity contribution in [1.82, 2.24) is 18.9 Å². The molecule has 1 saturated carbocycles. The molecule has 5 aromatic rings. The number of hydrazine groups is 1. The summed E-state index contributed by atoms with van der Waals surface area (Å²) in [6, 6.07) is 27.9. The standard InChI is InChI=1S/C36H31N5O6/c1-22-12-14-24(15-13-22)37-40-32(43)28-20-29-27(18-19-38-34(45)39(35(46)41(29)38)25-10-6-3-7-11-25)31(30-17-16-26(21-42)47-30)36(28,33(40)44)23-8-4-2-5-9-23/h2-18,28-29,31,37,42H,19-21H2,1H3. The molecule has 2 N–H and O–H groups in total. The van der Waals surface area contributed by atoms with Gasteiger partial charge in [-0.25, -0.2) is 23.5 Å². The summed E-state index contributed by atoms with van der Waals surface area (Å²) in [4.78, 5) is 57.5. The first-order chi connectivity index (χ1) is 22.8. The second kappa shape index (κ2) is 10.7. The van der Waals surface area contributed by atoms with Gasteiger partial charge in [-0.3, -0.25) is 15.0 Å². The van der Waals surface area contributed by atoms with Gasteiger partial charge in [0.1, 0.15) is 23.5 Å². The van der Waals surface area contributed by atoms with Crippen LogP contribution in [0.4, 0.5) is 5.69 Å². The van der Waals surface area contributed by atoms with E-state index in [9.17, 15) is 19.5 Å². The Morgan fingerprint density at radius 3 is 2.26 bits per heavy atom. The number of aromatic nitrogens is 3.